The van der Waals surface area contributed by atoms with Gasteiger partial charge in [-0.15, -0.1) is 0 Å². The van der Waals surface area contributed by atoms with Crippen LogP contribution in [0, 0.1) is 0 Å². The standard InChI is InChI=1S/C14H22O.CH2O3.Ba.2H/c1-2-3-4-5-6-7-10-13-11-8-9-12-14(13)15;2-1(3)4;;;/h8-9,11-12,15H,2-7,10H2,1H3;(H2,2,3,4);;;. The number of carboxylic acid groups (broad SMARTS) is 2. The number of unbranched alkanes of at least 4 members (excludes halogenated alkanes) is 5. The summed E-state index contributed by atoms with van der Waals surface area (Å²) in [4.78, 5) is 8.56. The van der Waals surface area contributed by atoms with Crippen molar-refractivity contribution in [2.24, 2.45) is 0 Å². The predicted octanol–water partition coefficient (Wildman–Crippen LogP) is 3.60. The molecule has 112 valence electrons. The van der Waals surface area contributed by atoms with E-state index >= 15 is 0 Å². The average molecular weight is 408 g/mol. The van der Waals surface area contributed by atoms with Crippen LogP contribution >= 0.6 is 0 Å². The molecule has 0 radical (unpaired) electrons. The van der Waals surface area contributed by atoms with Crippen molar-refractivity contribution < 1.29 is 20.1 Å². The van der Waals surface area contributed by atoms with E-state index in [1.54, 1.807) is 6.07 Å². The second-order valence-electron chi connectivity index (χ2n) is 4.43. The zero-order valence-corrected chi connectivity index (χ0v) is 11.5. The van der Waals surface area contributed by atoms with E-state index in [-0.39, 0.29) is 48.9 Å². The quantitative estimate of drug-likeness (QED) is 0.477. The van der Waals surface area contributed by atoms with Crippen LogP contribution in [-0.2, 0) is 6.42 Å². The van der Waals surface area contributed by atoms with Gasteiger partial charge in [0.05, 0.1) is 0 Å². The molecule has 0 saturated carbocycles. The molecule has 0 amide bonds. The first-order chi connectivity index (χ1) is 9.07. The van der Waals surface area contributed by atoms with Gasteiger partial charge in [0.1, 0.15) is 5.75 Å². The number of aromatic hydroxyl groups is 1. The van der Waals surface area contributed by atoms with Crippen molar-refractivity contribution >= 4 is 55.0 Å². The number of aryl methyl sites for hydroxylation is 1. The van der Waals surface area contributed by atoms with Gasteiger partial charge in [-0.25, -0.2) is 4.79 Å². The molecule has 4 nitrogen and oxygen atoms in total. The Morgan fingerprint density at radius 1 is 1.00 bits per heavy atom. The van der Waals surface area contributed by atoms with Gasteiger partial charge in [-0.05, 0) is 24.5 Å². The summed E-state index contributed by atoms with van der Waals surface area (Å²) in [5.41, 5.74) is 1.09. The van der Waals surface area contributed by atoms with Crippen LogP contribution in [0.2, 0.25) is 0 Å². The summed E-state index contributed by atoms with van der Waals surface area (Å²) < 4.78 is 0. The average Bonchev–Trinajstić information content (AvgIpc) is 2.35. The van der Waals surface area contributed by atoms with E-state index in [4.69, 9.17) is 15.0 Å². The van der Waals surface area contributed by atoms with E-state index in [0.717, 1.165) is 12.0 Å². The molecule has 0 aliphatic rings. The van der Waals surface area contributed by atoms with Crippen molar-refractivity contribution in [2.45, 2.75) is 51.9 Å². The number of rotatable bonds is 7. The third-order valence-corrected chi connectivity index (χ3v) is 2.79. The molecular formula is C15H26BaO4. The second kappa shape index (κ2) is 15.3. The van der Waals surface area contributed by atoms with Crippen molar-refractivity contribution in [3.8, 4) is 5.75 Å². The number of benzene rings is 1. The molecule has 0 atom stereocenters. The van der Waals surface area contributed by atoms with Gasteiger partial charge in [-0.3, -0.25) is 0 Å². The molecule has 0 saturated heterocycles. The first kappa shape index (κ1) is 22.1. The summed E-state index contributed by atoms with van der Waals surface area (Å²) in [5, 5.41) is 23.5. The molecule has 0 aliphatic carbocycles. The molecule has 3 N–H and O–H groups in total. The maximum atomic E-state index is 9.55. The van der Waals surface area contributed by atoms with E-state index in [9.17, 15) is 5.11 Å². The second-order valence-corrected chi connectivity index (χ2v) is 4.43. The van der Waals surface area contributed by atoms with Crippen LogP contribution in [0.15, 0.2) is 24.3 Å². The van der Waals surface area contributed by atoms with Gasteiger partial charge in [-0.1, -0.05) is 57.2 Å². The Morgan fingerprint density at radius 3 is 2.05 bits per heavy atom. The van der Waals surface area contributed by atoms with Crippen molar-refractivity contribution in [3.05, 3.63) is 29.8 Å². The first-order valence-corrected chi connectivity index (χ1v) is 6.76. The Hall–Kier alpha value is -0.139. The zero-order chi connectivity index (χ0) is 14.5. The fraction of sp³-hybridized carbons (Fsp3) is 0.533. The van der Waals surface area contributed by atoms with E-state index < -0.39 is 6.16 Å². The van der Waals surface area contributed by atoms with E-state index in [1.807, 2.05) is 18.2 Å². The summed E-state index contributed by atoms with van der Waals surface area (Å²) >= 11 is 0. The number of hydrogen-bond acceptors (Lipinski definition) is 2. The van der Waals surface area contributed by atoms with Gasteiger partial charge in [-0.2, -0.15) is 0 Å². The third kappa shape index (κ3) is 14.3. The molecule has 0 spiro atoms. The summed E-state index contributed by atoms with van der Waals surface area (Å²) in [7, 11) is 0. The van der Waals surface area contributed by atoms with Crippen LogP contribution in [0.4, 0.5) is 4.79 Å². The molecular weight excluding hydrogens is 381 g/mol. The van der Waals surface area contributed by atoms with Crippen LogP contribution in [-0.4, -0.2) is 70.4 Å². The number of phenolic OH excluding ortho intramolecular Hbond substituents is 1. The van der Waals surface area contributed by atoms with Gasteiger partial charge in [0.2, 0.25) is 0 Å². The normalized spacial score (nSPS) is 9.05. The third-order valence-electron chi connectivity index (χ3n) is 2.79. The Labute approximate surface area is 161 Å². The fourth-order valence-electron chi connectivity index (χ4n) is 1.82. The molecule has 0 bridgehead atoms. The molecule has 1 rings (SSSR count). The number of hydrogen-bond donors (Lipinski definition) is 3. The molecule has 20 heavy (non-hydrogen) atoms. The Kier molecular flexibility index (Phi) is 16.9. The van der Waals surface area contributed by atoms with Gasteiger partial charge >= 0.3 is 55.0 Å². The Bertz CT molecular complexity index is 351. The minimum atomic E-state index is -1.83. The van der Waals surface area contributed by atoms with Crippen LogP contribution < -0.4 is 0 Å². The van der Waals surface area contributed by atoms with Gasteiger partial charge < -0.3 is 15.3 Å². The van der Waals surface area contributed by atoms with E-state index in [0.29, 0.717) is 5.75 Å². The summed E-state index contributed by atoms with van der Waals surface area (Å²) in [6.45, 7) is 2.24. The van der Waals surface area contributed by atoms with Gasteiger partial charge in [0.15, 0.2) is 0 Å². The SMILES string of the molecule is CCCCCCCCc1ccccc1O.O=C(O)O.[BaH2]. The van der Waals surface area contributed by atoms with Crippen LogP contribution in [0.5, 0.6) is 5.75 Å². The van der Waals surface area contributed by atoms with Crippen LogP contribution in [0.1, 0.15) is 51.0 Å². The van der Waals surface area contributed by atoms with Crippen molar-refractivity contribution in [3.63, 3.8) is 0 Å². The summed E-state index contributed by atoms with van der Waals surface area (Å²) in [5.74, 6) is 0.450. The summed E-state index contributed by atoms with van der Waals surface area (Å²) in [6.07, 6.45) is 7.02. The molecule has 0 unspecified atom stereocenters. The molecule has 0 aliphatic heterocycles. The monoisotopic (exact) mass is 408 g/mol. The number of phenols is 1. The topological polar surface area (TPSA) is 77.8 Å². The van der Waals surface area contributed by atoms with E-state index in [2.05, 4.69) is 6.92 Å². The van der Waals surface area contributed by atoms with Crippen molar-refractivity contribution in [2.75, 3.05) is 0 Å². The van der Waals surface area contributed by atoms with Crippen LogP contribution in [0.25, 0.3) is 0 Å². The molecule has 1 aromatic carbocycles. The van der Waals surface area contributed by atoms with Gasteiger partial charge in [0, 0.05) is 0 Å². The van der Waals surface area contributed by atoms with Crippen molar-refractivity contribution in [1.82, 2.24) is 0 Å². The number of para-hydroxylation sites is 1. The first-order valence-electron chi connectivity index (χ1n) is 6.76. The summed E-state index contributed by atoms with van der Waals surface area (Å²) in [6, 6.07) is 7.65. The molecule has 0 fully saturated rings. The van der Waals surface area contributed by atoms with Gasteiger partial charge in [0.25, 0.3) is 0 Å². The Balaban J connectivity index is 0. The molecule has 5 heteroatoms. The van der Waals surface area contributed by atoms with Crippen molar-refractivity contribution in [1.29, 1.82) is 0 Å². The maximum absolute atomic E-state index is 9.55. The number of carbonyl (C=O) groups is 1. The molecule has 0 aromatic heterocycles. The molecule has 0 heterocycles. The zero-order valence-electron chi connectivity index (χ0n) is 11.5. The van der Waals surface area contributed by atoms with E-state index in [1.165, 1.54) is 38.5 Å². The predicted molar refractivity (Wildman–Crippen MR) is 84.4 cm³/mol. The Morgan fingerprint density at radius 2 is 1.50 bits per heavy atom. The van der Waals surface area contributed by atoms with Crippen LogP contribution in [0.3, 0.4) is 0 Å². The fourth-order valence-corrected chi connectivity index (χ4v) is 1.82. The minimum absolute atomic E-state index is 0. The molecule has 1 aromatic rings.